The molecule has 8 atom stereocenters. The molecule has 0 heterocycles. The van der Waals surface area contributed by atoms with Gasteiger partial charge in [0, 0.05) is 11.3 Å². The van der Waals surface area contributed by atoms with Crippen molar-refractivity contribution >= 4 is 5.78 Å². The summed E-state index contributed by atoms with van der Waals surface area (Å²) in [5, 5.41) is 43.7. The van der Waals surface area contributed by atoms with Crippen LogP contribution in [-0.2, 0) is 4.79 Å². The van der Waals surface area contributed by atoms with Crippen LogP contribution in [-0.4, -0.2) is 51.1 Å². The van der Waals surface area contributed by atoms with Gasteiger partial charge < -0.3 is 20.4 Å². The second-order valence-electron chi connectivity index (χ2n) is 9.59. The third kappa shape index (κ3) is 1.76. The first-order valence-electron chi connectivity index (χ1n) is 9.54. The van der Waals surface area contributed by atoms with Crippen molar-refractivity contribution < 1.29 is 25.2 Å². The molecule has 1 spiro atoms. The first-order chi connectivity index (χ1) is 11.7. The molecule has 0 aromatic carbocycles. The molecule has 4 aliphatic rings. The van der Waals surface area contributed by atoms with Gasteiger partial charge in [-0.3, -0.25) is 4.79 Å². The Bertz CT molecular complexity index is 628. The molecular formula is C20H30O5. The number of Topliss-reactive ketones (excluding diaryl/α,β-unsaturated/α-hetero) is 1. The van der Waals surface area contributed by atoms with Gasteiger partial charge >= 0.3 is 0 Å². The van der Waals surface area contributed by atoms with Crippen molar-refractivity contribution in [3.63, 3.8) is 0 Å². The summed E-state index contributed by atoms with van der Waals surface area (Å²) < 4.78 is 0. The van der Waals surface area contributed by atoms with Crippen molar-refractivity contribution in [2.24, 2.45) is 34.0 Å². The molecule has 0 radical (unpaired) electrons. The number of rotatable bonds is 1. The van der Waals surface area contributed by atoms with Gasteiger partial charge in [-0.15, -0.1) is 0 Å². The van der Waals surface area contributed by atoms with Crippen LogP contribution in [0.4, 0.5) is 0 Å². The molecule has 4 aliphatic carbocycles. The Morgan fingerprint density at radius 3 is 2.40 bits per heavy atom. The smallest absolute Gasteiger partial charge is 0.170 e. The number of fused-ring (bicyclic) bond motifs is 3. The molecule has 140 valence electrons. The second kappa shape index (κ2) is 5.16. The van der Waals surface area contributed by atoms with Gasteiger partial charge in [0.15, 0.2) is 5.78 Å². The number of carbonyl (C=O) groups excluding carboxylic acids is 1. The molecule has 25 heavy (non-hydrogen) atoms. The summed E-state index contributed by atoms with van der Waals surface area (Å²) in [5.41, 5.74) is -1.91. The predicted octanol–water partition coefficient (Wildman–Crippen LogP) is 1.04. The molecule has 0 aliphatic heterocycles. The average molecular weight is 350 g/mol. The van der Waals surface area contributed by atoms with Crippen LogP contribution < -0.4 is 0 Å². The SMILES string of the molecule is C=C1C(=O)C23C(O)CC4C(C)(C)CCC(O)C4(CO)C2CCC1C3O. The average Bonchev–Trinajstić information content (AvgIpc) is 2.68. The van der Waals surface area contributed by atoms with E-state index in [1.165, 1.54) is 0 Å². The van der Waals surface area contributed by atoms with Gasteiger partial charge in [0.25, 0.3) is 0 Å². The van der Waals surface area contributed by atoms with Gasteiger partial charge in [-0.1, -0.05) is 20.4 Å². The van der Waals surface area contributed by atoms with E-state index in [2.05, 4.69) is 20.4 Å². The van der Waals surface area contributed by atoms with Crippen LogP contribution in [0.5, 0.6) is 0 Å². The summed E-state index contributed by atoms with van der Waals surface area (Å²) in [6, 6.07) is 0. The van der Waals surface area contributed by atoms with Crippen LogP contribution in [0.3, 0.4) is 0 Å². The van der Waals surface area contributed by atoms with E-state index in [0.29, 0.717) is 31.3 Å². The summed E-state index contributed by atoms with van der Waals surface area (Å²) in [5.74, 6) is -1.07. The molecule has 4 fully saturated rings. The maximum absolute atomic E-state index is 13.2. The van der Waals surface area contributed by atoms with Gasteiger partial charge in [0.1, 0.15) is 0 Å². The molecule has 4 N–H and O–H groups in total. The minimum Gasteiger partial charge on any atom is -0.396 e. The highest BCUT2D eigenvalue weighted by atomic mass is 16.3. The number of aliphatic hydroxyl groups excluding tert-OH is 4. The van der Waals surface area contributed by atoms with E-state index < -0.39 is 35.1 Å². The Hall–Kier alpha value is -0.750. The van der Waals surface area contributed by atoms with Crippen molar-refractivity contribution in [1.29, 1.82) is 0 Å². The Kier molecular flexibility index (Phi) is 3.64. The van der Waals surface area contributed by atoms with E-state index in [1.54, 1.807) is 0 Å². The summed E-state index contributed by atoms with van der Waals surface area (Å²) in [7, 11) is 0. The standard InChI is InChI=1S/C20H30O5/c1-10-11-4-5-12-19(9-21)13(18(2,3)7-6-14(19)22)8-15(23)20(12,16(10)24)17(11)25/h11-15,17,21-23,25H,1,4-9H2,2-3H3. The summed E-state index contributed by atoms with van der Waals surface area (Å²) >= 11 is 0. The van der Waals surface area contributed by atoms with Crippen LogP contribution >= 0.6 is 0 Å². The van der Waals surface area contributed by atoms with Crippen LogP contribution in [0, 0.1) is 34.0 Å². The number of hydrogen-bond donors (Lipinski definition) is 4. The van der Waals surface area contributed by atoms with Crippen LogP contribution in [0.1, 0.15) is 46.0 Å². The molecule has 0 amide bonds. The second-order valence-corrected chi connectivity index (χ2v) is 9.59. The fourth-order valence-electron chi connectivity index (χ4n) is 7.35. The van der Waals surface area contributed by atoms with E-state index in [9.17, 15) is 25.2 Å². The maximum Gasteiger partial charge on any atom is 0.170 e. The molecule has 0 aromatic rings. The van der Waals surface area contributed by atoms with Crippen molar-refractivity contribution in [1.82, 2.24) is 0 Å². The minimum absolute atomic E-state index is 0.0928. The van der Waals surface area contributed by atoms with E-state index in [4.69, 9.17) is 0 Å². The van der Waals surface area contributed by atoms with Gasteiger partial charge in [0.05, 0.1) is 30.3 Å². The lowest BCUT2D eigenvalue weighted by Gasteiger charge is -2.66. The van der Waals surface area contributed by atoms with Crippen LogP contribution in [0.2, 0.25) is 0 Å². The molecule has 0 saturated heterocycles. The Morgan fingerprint density at radius 1 is 1.08 bits per heavy atom. The fraction of sp³-hybridized carbons (Fsp3) is 0.850. The third-order valence-corrected chi connectivity index (χ3v) is 8.55. The molecule has 4 rings (SSSR count). The van der Waals surface area contributed by atoms with Crippen molar-refractivity contribution in [3.8, 4) is 0 Å². The van der Waals surface area contributed by atoms with E-state index in [-0.39, 0.29) is 29.6 Å². The topological polar surface area (TPSA) is 98.0 Å². The fourth-order valence-corrected chi connectivity index (χ4v) is 7.35. The lowest BCUT2D eigenvalue weighted by molar-refractivity contribution is -0.267. The normalized spacial score (nSPS) is 54.2. The van der Waals surface area contributed by atoms with Gasteiger partial charge in [-0.25, -0.2) is 0 Å². The first kappa shape index (κ1) is 17.7. The highest BCUT2D eigenvalue weighted by Crippen LogP contribution is 2.70. The number of ketones is 1. The number of hydrogen-bond acceptors (Lipinski definition) is 5. The predicted molar refractivity (Wildman–Crippen MR) is 91.5 cm³/mol. The quantitative estimate of drug-likeness (QED) is 0.530. The van der Waals surface area contributed by atoms with Gasteiger partial charge in [-0.05, 0) is 54.9 Å². The Labute approximate surface area is 148 Å². The highest BCUT2D eigenvalue weighted by molar-refractivity contribution is 6.04. The largest absolute Gasteiger partial charge is 0.396 e. The van der Waals surface area contributed by atoms with E-state index in [0.717, 1.165) is 6.42 Å². The number of carbonyl (C=O) groups is 1. The summed E-state index contributed by atoms with van der Waals surface area (Å²) in [6.07, 6.45) is 0.291. The Balaban J connectivity index is 1.94. The summed E-state index contributed by atoms with van der Waals surface area (Å²) in [6.45, 7) is 7.92. The lowest BCUT2D eigenvalue weighted by Crippen LogP contribution is -2.71. The van der Waals surface area contributed by atoms with Crippen LogP contribution in [0.15, 0.2) is 12.2 Å². The zero-order chi connectivity index (χ0) is 18.4. The monoisotopic (exact) mass is 350 g/mol. The van der Waals surface area contributed by atoms with Crippen molar-refractivity contribution in [2.75, 3.05) is 6.61 Å². The van der Waals surface area contributed by atoms with Crippen molar-refractivity contribution in [2.45, 2.75) is 64.3 Å². The lowest BCUT2D eigenvalue weighted by atomic mass is 9.38. The van der Waals surface area contributed by atoms with E-state index >= 15 is 0 Å². The van der Waals surface area contributed by atoms with Gasteiger partial charge in [-0.2, -0.15) is 0 Å². The van der Waals surface area contributed by atoms with Gasteiger partial charge in [0.2, 0.25) is 0 Å². The zero-order valence-electron chi connectivity index (χ0n) is 15.1. The molecule has 5 heteroatoms. The third-order valence-electron chi connectivity index (χ3n) is 8.55. The number of aliphatic hydroxyl groups is 4. The molecule has 5 nitrogen and oxygen atoms in total. The highest BCUT2D eigenvalue weighted by Gasteiger charge is 2.76. The van der Waals surface area contributed by atoms with E-state index in [1.807, 2.05) is 0 Å². The first-order valence-corrected chi connectivity index (χ1v) is 9.54. The molecule has 2 bridgehead atoms. The molecule has 8 unspecified atom stereocenters. The zero-order valence-corrected chi connectivity index (χ0v) is 15.1. The summed E-state index contributed by atoms with van der Waals surface area (Å²) in [4.78, 5) is 13.2. The molecule has 4 saturated carbocycles. The Morgan fingerprint density at radius 2 is 1.76 bits per heavy atom. The van der Waals surface area contributed by atoms with Crippen LogP contribution in [0.25, 0.3) is 0 Å². The maximum atomic E-state index is 13.2. The molecular weight excluding hydrogens is 320 g/mol. The molecule has 0 aromatic heterocycles. The van der Waals surface area contributed by atoms with Crippen molar-refractivity contribution in [3.05, 3.63) is 12.2 Å². The minimum atomic E-state index is -1.31.